The van der Waals surface area contributed by atoms with Crippen LogP contribution in [0.25, 0.3) is 0 Å². The number of carbonyl (C=O) groups excluding carboxylic acids is 2. The normalized spacial score (nSPS) is 21.0. The fourth-order valence-corrected chi connectivity index (χ4v) is 2.42. The lowest BCUT2D eigenvalue weighted by atomic mass is 10.1. The molecule has 0 unspecified atom stereocenters. The Morgan fingerprint density at radius 1 is 1.25 bits per heavy atom. The van der Waals surface area contributed by atoms with Crippen LogP contribution in [0.15, 0.2) is 35.3 Å². The third kappa shape index (κ3) is 3.00. The highest BCUT2D eigenvalue weighted by Crippen LogP contribution is 2.38. The van der Waals surface area contributed by atoms with Gasteiger partial charge < -0.3 is 5.32 Å². The lowest BCUT2D eigenvalue weighted by Crippen LogP contribution is -2.63. The fraction of sp³-hybridized carbons (Fsp3) is 0.438. The molecule has 1 aromatic rings. The van der Waals surface area contributed by atoms with Crippen LogP contribution in [0.1, 0.15) is 32.3 Å². The molecule has 2 amide bonds. The van der Waals surface area contributed by atoms with Crippen molar-refractivity contribution in [2.45, 2.75) is 38.5 Å². The number of benzene rings is 1. The third-order valence-corrected chi connectivity index (χ3v) is 3.61. The van der Waals surface area contributed by atoms with Crippen LogP contribution >= 0.6 is 0 Å². The highest BCUT2D eigenvalue weighted by Gasteiger charge is 2.66. The van der Waals surface area contributed by atoms with Crippen molar-refractivity contribution in [3.8, 4) is 0 Å². The summed E-state index contributed by atoms with van der Waals surface area (Å²) in [4.78, 5) is 28.8. The molecule has 1 aliphatic rings. The summed E-state index contributed by atoms with van der Waals surface area (Å²) in [5, 5.41) is 1.78. The van der Waals surface area contributed by atoms with Crippen molar-refractivity contribution in [3.05, 3.63) is 35.9 Å². The van der Waals surface area contributed by atoms with Crippen LogP contribution in [-0.4, -0.2) is 40.9 Å². The smallest absolute Gasteiger partial charge is 0.316 e. The van der Waals surface area contributed by atoms with Crippen molar-refractivity contribution in [1.29, 1.82) is 0 Å². The molecule has 0 saturated carbocycles. The number of amidine groups is 1. The quantitative estimate of drug-likeness (QED) is 0.894. The van der Waals surface area contributed by atoms with Gasteiger partial charge in [0.25, 0.3) is 5.91 Å². The van der Waals surface area contributed by atoms with Gasteiger partial charge in [-0.3, -0.25) is 14.5 Å². The van der Waals surface area contributed by atoms with E-state index in [0.29, 0.717) is 12.0 Å². The molecule has 8 heteroatoms. The summed E-state index contributed by atoms with van der Waals surface area (Å²) in [6.45, 7) is 3.23. The van der Waals surface area contributed by atoms with Gasteiger partial charge in [-0.2, -0.15) is 13.2 Å². The predicted octanol–water partition coefficient (Wildman–Crippen LogP) is 2.47. The summed E-state index contributed by atoms with van der Waals surface area (Å²) in [5.74, 6) is -2.26. The predicted molar refractivity (Wildman–Crippen MR) is 82.2 cm³/mol. The molecule has 0 bridgehead atoms. The summed E-state index contributed by atoms with van der Waals surface area (Å²) >= 11 is 0. The average molecular weight is 341 g/mol. The molecule has 0 fully saturated rings. The number of aliphatic imine (C=N–C) groups is 1. The minimum absolute atomic E-state index is 0.0758. The van der Waals surface area contributed by atoms with Crippen LogP contribution in [0, 0.1) is 0 Å². The lowest BCUT2D eigenvalue weighted by molar-refractivity contribution is -0.200. The Labute approximate surface area is 137 Å². The van der Waals surface area contributed by atoms with E-state index in [1.165, 1.54) is 6.92 Å². The zero-order chi connectivity index (χ0) is 18.0. The Morgan fingerprint density at radius 2 is 1.88 bits per heavy atom. The third-order valence-electron chi connectivity index (χ3n) is 3.61. The summed E-state index contributed by atoms with van der Waals surface area (Å²) < 4.78 is 41.1. The zero-order valence-corrected chi connectivity index (χ0v) is 13.4. The molecular formula is C16H18F3N3O2. The van der Waals surface area contributed by atoms with Crippen molar-refractivity contribution in [2.75, 3.05) is 6.54 Å². The van der Waals surface area contributed by atoms with Gasteiger partial charge in [-0.1, -0.05) is 44.2 Å². The number of nitrogens with one attached hydrogen (secondary N) is 1. The molecule has 1 heterocycles. The molecule has 1 N–H and O–H groups in total. The maximum absolute atomic E-state index is 13.7. The van der Waals surface area contributed by atoms with Crippen LogP contribution in [-0.2, 0) is 9.59 Å². The molecule has 5 nitrogen and oxygen atoms in total. The van der Waals surface area contributed by atoms with Gasteiger partial charge in [0, 0.05) is 18.5 Å². The summed E-state index contributed by atoms with van der Waals surface area (Å²) in [6, 6.07) is 8.14. The first-order valence-electron chi connectivity index (χ1n) is 7.61. The fourth-order valence-electron chi connectivity index (χ4n) is 2.42. The molecule has 24 heavy (non-hydrogen) atoms. The van der Waals surface area contributed by atoms with E-state index in [2.05, 4.69) is 4.99 Å². The van der Waals surface area contributed by atoms with Crippen molar-refractivity contribution in [3.63, 3.8) is 0 Å². The van der Waals surface area contributed by atoms with Crippen molar-refractivity contribution in [2.24, 2.45) is 4.99 Å². The number of rotatable bonds is 5. The largest absolute Gasteiger partial charge is 0.442 e. The van der Waals surface area contributed by atoms with Gasteiger partial charge in [0.2, 0.25) is 5.91 Å². The first-order valence-corrected chi connectivity index (χ1v) is 7.61. The Hall–Kier alpha value is -2.38. The van der Waals surface area contributed by atoms with Gasteiger partial charge in [0.15, 0.2) is 0 Å². The van der Waals surface area contributed by atoms with Gasteiger partial charge in [-0.25, -0.2) is 4.99 Å². The summed E-state index contributed by atoms with van der Waals surface area (Å²) in [5.41, 5.74) is -2.88. The molecule has 1 aromatic carbocycles. The number of hydrogen-bond donors (Lipinski definition) is 1. The van der Waals surface area contributed by atoms with Crippen LogP contribution in [0.2, 0.25) is 0 Å². The van der Waals surface area contributed by atoms with E-state index in [9.17, 15) is 22.8 Å². The average Bonchev–Trinajstić information content (AvgIpc) is 2.82. The first kappa shape index (κ1) is 18.0. The molecule has 0 aliphatic carbocycles. The number of nitrogens with zero attached hydrogens (tertiary/aromatic N) is 2. The SMILES string of the molecule is CCCN1C(=O)[C@@](NC(=O)CC)(C(F)(F)F)N=C1c1ccccc1. The summed E-state index contributed by atoms with van der Waals surface area (Å²) in [6.07, 6.45) is -4.78. The van der Waals surface area contributed by atoms with Gasteiger partial charge in [0.1, 0.15) is 5.84 Å². The topological polar surface area (TPSA) is 61.8 Å². The molecule has 0 spiro atoms. The van der Waals surface area contributed by atoms with Gasteiger partial charge in [-0.05, 0) is 6.42 Å². The van der Waals surface area contributed by atoms with E-state index in [1.807, 2.05) is 0 Å². The second kappa shape index (κ2) is 6.62. The van der Waals surface area contributed by atoms with Gasteiger partial charge >= 0.3 is 11.8 Å². The number of hydrogen-bond acceptors (Lipinski definition) is 3. The van der Waals surface area contributed by atoms with E-state index in [1.54, 1.807) is 42.6 Å². The molecule has 2 rings (SSSR count). The maximum atomic E-state index is 13.7. The number of alkyl halides is 3. The van der Waals surface area contributed by atoms with E-state index in [4.69, 9.17) is 0 Å². The molecule has 1 atom stereocenters. The standard InChI is InChI=1S/C16H18F3N3O2/c1-3-10-22-13(11-8-6-5-7-9-11)21-15(14(22)24,16(17,18)19)20-12(23)4-2/h5-9H,3-4,10H2,1-2H3,(H,20,23)/t15-/m0/s1. The Morgan fingerprint density at radius 3 is 2.38 bits per heavy atom. The zero-order valence-electron chi connectivity index (χ0n) is 13.4. The molecule has 0 aromatic heterocycles. The second-order valence-electron chi connectivity index (χ2n) is 5.37. The van der Waals surface area contributed by atoms with Crippen molar-refractivity contribution >= 4 is 17.6 Å². The van der Waals surface area contributed by atoms with Crippen LogP contribution in [0.5, 0.6) is 0 Å². The Bertz CT molecular complexity index is 658. The number of amides is 2. The lowest BCUT2D eigenvalue weighted by Gasteiger charge is -2.28. The van der Waals surface area contributed by atoms with Crippen molar-refractivity contribution in [1.82, 2.24) is 10.2 Å². The van der Waals surface area contributed by atoms with Crippen molar-refractivity contribution < 1.29 is 22.8 Å². The minimum Gasteiger partial charge on any atom is -0.316 e. The number of carbonyl (C=O) groups is 2. The van der Waals surface area contributed by atoms with E-state index in [0.717, 1.165) is 4.90 Å². The van der Waals surface area contributed by atoms with Crippen LogP contribution in [0.4, 0.5) is 13.2 Å². The van der Waals surface area contributed by atoms with E-state index in [-0.39, 0.29) is 18.8 Å². The highest BCUT2D eigenvalue weighted by molar-refractivity contribution is 6.16. The Kier molecular flexibility index (Phi) is 4.96. The molecule has 1 aliphatic heterocycles. The highest BCUT2D eigenvalue weighted by atomic mass is 19.4. The van der Waals surface area contributed by atoms with E-state index >= 15 is 0 Å². The molecule has 0 radical (unpaired) electrons. The molecule has 130 valence electrons. The summed E-state index contributed by atoms with van der Waals surface area (Å²) in [7, 11) is 0. The van der Waals surface area contributed by atoms with E-state index < -0.39 is 23.7 Å². The monoisotopic (exact) mass is 341 g/mol. The molecular weight excluding hydrogens is 323 g/mol. The maximum Gasteiger partial charge on any atom is 0.442 e. The van der Waals surface area contributed by atoms with Crippen LogP contribution in [0.3, 0.4) is 0 Å². The van der Waals surface area contributed by atoms with Crippen LogP contribution < -0.4 is 5.32 Å². The minimum atomic E-state index is -5.04. The second-order valence-corrected chi connectivity index (χ2v) is 5.37. The van der Waals surface area contributed by atoms with Gasteiger partial charge in [0.05, 0.1) is 0 Å². The number of halogens is 3. The Balaban J connectivity index is 2.60. The first-order chi connectivity index (χ1) is 11.3. The van der Waals surface area contributed by atoms with Gasteiger partial charge in [-0.15, -0.1) is 0 Å². The molecule has 0 saturated heterocycles.